The topological polar surface area (TPSA) is 76.4 Å². The summed E-state index contributed by atoms with van der Waals surface area (Å²) < 4.78 is 50.5. The zero-order chi connectivity index (χ0) is 26.5. The molecule has 3 fully saturated rings. The highest BCUT2D eigenvalue weighted by Gasteiger charge is 2.76. The van der Waals surface area contributed by atoms with Gasteiger partial charge in [0, 0.05) is 29.9 Å². The molecule has 5 rings (SSSR count). The van der Waals surface area contributed by atoms with Gasteiger partial charge in [-0.05, 0) is 44.5 Å². The van der Waals surface area contributed by atoms with Crippen molar-refractivity contribution in [2.45, 2.75) is 38.1 Å². The number of allylic oxidation sites excluding steroid dienone is 1. The number of halogens is 4. The Kier molecular flexibility index (Phi) is 6.26. The number of methoxy groups -OCH3 is 1. The summed E-state index contributed by atoms with van der Waals surface area (Å²) in [4.78, 5) is 27.9. The maximum Gasteiger partial charge on any atom is 0.417 e. The van der Waals surface area contributed by atoms with Gasteiger partial charge < -0.3 is 14.4 Å². The van der Waals surface area contributed by atoms with E-state index in [-0.39, 0.29) is 34.1 Å². The molecule has 1 aromatic carbocycles. The monoisotopic (exact) mass is 532 g/mol. The molecule has 1 aliphatic heterocycles. The number of amides is 1. The number of likely N-dealkylation sites (tertiary alicyclic amines) is 1. The summed E-state index contributed by atoms with van der Waals surface area (Å²) in [7, 11) is 1.48. The van der Waals surface area contributed by atoms with Crippen molar-refractivity contribution in [1.82, 2.24) is 9.88 Å². The number of carbonyl (C=O) groups is 1. The van der Waals surface area contributed by atoms with Gasteiger partial charge in [-0.25, -0.2) is 15.0 Å². The van der Waals surface area contributed by atoms with Gasteiger partial charge in [0.2, 0.25) is 5.88 Å². The fourth-order valence-electron chi connectivity index (χ4n) is 5.66. The molecule has 37 heavy (non-hydrogen) atoms. The van der Waals surface area contributed by atoms with Crippen molar-refractivity contribution < 1.29 is 27.4 Å². The van der Waals surface area contributed by atoms with E-state index in [1.54, 1.807) is 35.4 Å². The van der Waals surface area contributed by atoms with E-state index in [0.29, 0.717) is 42.0 Å². The van der Waals surface area contributed by atoms with Crippen molar-refractivity contribution in [2.24, 2.45) is 21.3 Å². The van der Waals surface area contributed by atoms with E-state index in [1.807, 2.05) is 6.92 Å². The Hall–Kier alpha value is -3.40. The Labute approximate surface area is 216 Å². The number of alkyl halides is 3. The van der Waals surface area contributed by atoms with Gasteiger partial charge in [-0.15, -0.1) is 0 Å². The summed E-state index contributed by atoms with van der Waals surface area (Å²) in [6, 6.07) is 5.71. The van der Waals surface area contributed by atoms with Crippen LogP contribution in [0.3, 0.4) is 0 Å². The van der Waals surface area contributed by atoms with Gasteiger partial charge in [-0.2, -0.15) is 13.2 Å². The van der Waals surface area contributed by atoms with Gasteiger partial charge in [0.15, 0.2) is 5.84 Å². The van der Waals surface area contributed by atoms with Crippen molar-refractivity contribution in [1.29, 1.82) is 0 Å². The minimum Gasteiger partial charge on any atom is -0.496 e. The third-order valence-electron chi connectivity index (χ3n) is 7.41. The second-order valence-electron chi connectivity index (χ2n) is 9.38. The molecule has 1 aromatic heterocycles. The third-order valence-corrected chi connectivity index (χ3v) is 7.68. The number of hydrogen-bond acceptors (Lipinski definition) is 5. The minimum atomic E-state index is -4.56. The van der Waals surface area contributed by atoms with Crippen LogP contribution in [0, 0.1) is 11.3 Å². The van der Waals surface area contributed by atoms with Crippen LogP contribution in [0.4, 0.5) is 13.2 Å². The van der Waals surface area contributed by atoms with Crippen LogP contribution in [0.1, 0.15) is 41.3 Å². The fraction of sp³-hybridized carbons (Fsp3) is 0.385. The van der Waals surface area contributed by atoms with Crippen molar-refractivity contribution >= 4 is 30.1 Å². The van der Waals surface area contributed by atoms with Crippen molar-refractivity contribution in [3.05, 3.63) is 64.5 Å². The average Bonchev–Trinajstić information content (AvgIpc) is 3.52. The maximum absolute atomic E-state index is 14.0. The summed E-state index contributed by atoms with van der Waals surface area (Å²) in [6.07, 6.45) is 0.624. The predicted molar refractivity (Wildman–Crippen MR) is 133 cm³/mol. The Morgan fingerprint density at radius 2 is 2.14 bits per heavy atom. The molecule has 3 aliphatic rings. The number of ether oxygens (including phenoxy) is 2. The molecule has 0 N–H and O–H groups in total. The number of nitrogens with zero attached hydrogens (tertiary/aromatic N) is 4. The minimum absolute atomic E-state index is 0.0561. The van der Waals surface area contributed by atoms with Gasteiger partial charge in [-0.3, -0.25) is 4.79 Å². The molecule has 7 nitrogen and oxygen atoms in total. The second-order valence-corrected chi connectivity index (χ2v) is 9.79. The SMILES string of the molecule is C=NC(=N/C=C\C)c1cccc(OC)c1C(=O)N1CC2CC23CC(Oc2ncc(C(F)(F)F)cc2Cl)C13. The van der Waals surface area contributed by atoms with Gasteiger partial charge in [0.05, 0.1) is 24.3 Å². The number of amidine groups is 1. The molecule has 4 unspecified atom stereocenters. The van der Waals surface area contributed by atoms with E-state index < -0.39 is 17.8 Å². The van der Waals surface area contributed by atoms with Gasteiger partial charge in [-0.1, -0.05) is 29.8 Å². The molecule has 0 radical (unpaired) electrons. The largest absolute Gasteiger partial charge is 0.496 e. The fourth-order valence-corrected chi connectivity index (χ4v) is 5.87. The van der Waals surface area contributed by atoms with Crippen LogP contribution in [0.25, 0.3) is 0 Å². The number of carbonyl (C=O) groups excluding carboxylic acids is 1. The smallest absolute Gasteiger partial charge is 0.417 e. The lowest BCUT2D eigenvalue weighted by Gasteiger charge is -2.47. The summed E-state index contributed by atoms with van der Waals surface area (Å²) in [6.45, 7) is 5.95. The van der Waals surface area contributed by atoms with Gasteiger partial charge in [0.1, 0.15) is 16.9 Å². The Morgan fingerprint density at radius 1 is 1.35 bits per heavy atom. The zero-order valence-corrected chi connectivity index (χ0v) is 20.9. The number of piperidine rings is 1. The lowest BCUT2D eigenvalue weighted by Crippen LogP contribution is -2.59. The molecule has 2 heterocycles. The standard InChI is InChI=1S/C26H24ClF3N4O3/c1-4-8-32-22(31-2)16-6-5-7-18(36-3)20(16)24(35)34-13-15-10-25(15)11-19(21(25)34)37-23-17(27)9-14(12-33-23)26(28,29)30/h4-9,12,15,19,21H,2,10-11,13H2,1,3H3/b8-4-,32-22?. The van der Waals surface area contributed by atoms with E-state index in [2.05, 4.69) is 21.7 Å². The average molecular weight is 533 g/mol. The van der Waals surface area contributed by atoms with Crippen molar-refractivity contribution in [2.75, 3.05) is 13.7 Å². The summed E-state index contributed by atoms with van der Waals surface area (Å²) in [5.74, 6) is 0.644. The first kappa shape index (κ1) is 25.3. The molecular weight excluding hydrogens is 509 g/mol. The third kappa shape index (κ3) is 4.17. The molecule has 2 aromatic rings. The Bertz CT molecular complexity index is 1330. The van der Waals surface area contributed by atoms with Crippen molar-refractivity contribution in [3.8, 4) is 11.6 Å². The highest BCUT2D eigenvalue weighted by molar-refractivity contribution is 6.31. The number of benzene rings is 1. The summed E-state index contributed by atoms with van der Waals surface area (Å²) in [5.41, 5.74) is -0.214. The molecule has 2 saturated carbocycles. The van der Waals surface area contributed by atoms with Gasteiger partial charge in [0.25, 0.3) is 5.91 Å². The van der Waals surface area contributed by atoms with Crippen LogP contribution < -0.4 is 9.47 Å². The van der Waals surface area contributed by atoms with Crippen LogP contribution in [-0.2, 0) is 6.18 Å². The van der Waals surface area contributed by atoms with Crippen LogP contribution >= 0.6 is 11.6 Å². The molecular formula is C26H24ClF3N4O3. The molecule has 194 valence electrons. The number of pyridine rings is 1. The first-order valence-corrected chi connectivity index (χ1v) is 12.1. The van der Waals surface area contributed by atoms with Crippen LogP contribution in [0.5, 0.6) is 11.6 Å². The molecule has 1 amide bonds. The number of aromatic nitrogens is 1. The summed E-state index contributed by atoms with van der Waals surface area (Å²) >= 11 is 6.08. The zero-order valence-electron chi connectivity index (χ0n) is 20.1. The van der Waals surface area contributed by atoms with E-state index in [9.17, 15) is 18.0 Å². The highest BCUT2D eigenvalue weighted by atomic mass is 35.5. The van der Waals surface area contributed by atoms with E-state index in [1.165, 1.54) is 7.11 Å². The molecule has 4 atom stereocenters. The van der Waals surface area contributed by atoms with Crippen LogP contribution in [-0.4, -0.2) is 54.1 Å². The van der Waals surface area contributed by atoms with Gasteiger partial charge >= 0.3 is 6.18 Å². The normalized spacial score (nSPS) is 26.4. The lowest BCUT2D eigenvalue weighted by atomic mass is 9.73. The molecule has 2 aliphatic carbocycles. The molecule has 1 spiro atoms. The maximum atomic E-state index is 14.0. The highest BCUT2D eigenvalue weighted by Crippen LogP contribution is 2.71. The summed E-state index contributed by atoms with van der Waals surface area (Å²) in [5, 5.41) is -0.229. The van der Waals surface area contributed by atoms with Crippen molar-refractivity contribution in [3.63, 3.8) is 0 Å². The van der Waals surface area contributed by atoms with E-state index in [0.717, 1.165) is 12.5 Å². The lowest BCUT2D eigenvalue weighted by molar-refractivity contribution is -0.137. The number of rotatable bonds is 6. The molecule has 0 bridgehead atoms. The van der Waals surface area contributed by atoms with E-state index in [4.69, 9.17) is 21.1 Å². The predicted octanol–water partition coefficient (Wildman–Crippen LogP) is 5.43. The van der Waals surface area contributed by atoms with Crippen LogP contribution in [0.15, 0.2) is 52.7 Å². The first-order chi connectivity index (χ1) is 17.6. The number of hydrogen-bond donors (Lipinski definition) is 0. The number of aliphatic imine (C=N–C) groups is 2. The second kappa shape index (κ2) is 9.16. The Morgan fingerprint density at radius 3 is 2.78 bits per heavy atom. The van der Waals surface area contributed by atoms with E-state index >= 15 is 0 Å². The molecule has 11 heteroatoms. The quantitative estimate of drug-likeness (QED) is 0.367. The van der Waals surface area contributed by atoms with Crippen LogP contribution in [0.2, 0.25) is 5.02 Å². The Balaban J connectivity index is 1.45. The first-order valence-electron chi connectivity index (χ1n) is 11.7. The molecule has 1 saturated heterocycles.